The molecule has 2 rings (SSSR count). The first-order chi connectivity index (χ1) is 9.99. The monoisotopic (exact) mass is 291 g/mol. The Bertz CT molecular complexity index is 531. The molecule has 0 saturated carbocycles. The largest absolute Gasteiger partial charge is 0.337 e. The van der Waals surface area contributed by atoms with Crippen molar-refractivity contribution in [1.82, 2.24) is 10.2 Å². The number of likely N-dealkylation sites (tertiary alicyclic amines) is 1. The van der Waals surface area contributed by atoms with Gasteiger partial charge in [-0.25, -0.2) is 0 Å². The highest BCUT2D eigenvalue weighted by Crippen LogP contribution is 2.22. The summed E-state index contributed by atoms with van der Waals surface area (Å²) in [5.74, 6) is 0.0353. The van der Waals surface area contributed by atoms with Gasteiger partial charge in [0.2, 0.25) is 5.91 Å². The SMILES string of the molecule is CC(C)NC1CCCN(Cc2ccccc2[N+](=O)[O-])C1=O. The van der Waals surface area contributed by atoms with E-state index >= 15 is 0 Å². The molecule has 1 saturated heterocycles. The Labute approximate surface area is 124 Å². The number of carbonyl (C=O) groups excluding carboxylic acids is 1. The number of nitro benzene ring substituents is 1. The van der Waals surface area contributed by atoms with E-state index in [0.29, 0.717) is 18.7 Å². The number of hydrogen-bond donors (Lipinski definition) is 1. The fraction of sp³-hybridized carbons (Fsp3) is 0.533. The number of carbonyl (C=O) groups is 1. The first-order valence-electron chi connectivity index (χ1n) is 7.26. The summed E-state index contributed by atoms with van der Waals surface area (Å²) in [6.45, 7) is 4.97. The van der Waals surface area contributed by atoms with Crippen molar-refractivity contribution in [2.24, 2.45) is 0 Å². The molecule has 1 N–H and O–H groups in total. The number of para-hydroxylation sites is 1. The lowest BCUT2D eigenvalue weighted by Crippen LogP contribution is -2.52. The minimum absolute atomic E-state index is 0.0353. The maximum atomic E-state index is 12.4. The van der Waals surface area contributed by atoms with Gasteiger partial charge in [-0.15, -0.1) is 0 Å². The number of nitrogens with zero attached hydrogens (tertiary/aromatic N) is 2. The topological polar surface area (TPSA) is 75.5 Å². The van der Waals surface area contributed by atoms with E-state index < -0.39 is 4.92 Å². The van der Waals surface area contributed by atoms with Crippen LogP contribution < -0.4 is 5.32 Å². The number of rotatable bonds is 5. The van der Waals surface area contributed by atoms with Crippen molar-refractivity contribution in [1.29, 1.82) is 0 Å². The van der Waals surface area contributed by atoms with Crippen LogP contribution in [0.4, 0.5) is 5.69 Å². The van der Waals surface area contributed by atoms with Gasteiger partial charge in [0.25, 0.3) is 5.69 Å². The van der Waals surface area contributed by atoms with Gasteiger partial charge in [-0.2, -0.15) is 0 Å². The molecule has 1 aromatic rings. The van der Waals surface area contributed by atoms with Gasteiger partial charge < -0.3 is 10.2 Å². The molecule has 6 heteroatoms. The molecule has 1 heterocycles. The molecule has 1 amide bonds. The molecular weight excluding hydrogens is 270 g/mol. The smallest absolute Gasteiger partial charge is 0.274 e. The molecule has 1 aromatic carbocycles. The summed E-state index contributed by atoms with van der Waals surface area (Å²) in [5.41, 5.74) is 0.658. The van der Waals surface area contributed by atoms with Crippen LogP contribution in [0.25, 0.3) is 0 Å². The standard InChI is InChI=1S/C15H21N3O3/c1-11(2)16-13-7-5-9-17(15(13)19)10-12-6-3-4-8-14(12)18(20)21/h3-4,6,8,11,13,16H,5,7,9-10H2,1-2H3. The summed E-state index contributed by atoms with van der Waals surface area (Å²) >= 11 is 0. The third kappa shape index (κ3) is 3.78. The zero-order valence-corrected chi connectivity index (χ0v) is 12.4. The average Bonchev–Trinajstić information content (AvgIpc) is 2.43. The van der Waals surface area contributed by atoms with Crippen LogP contribution in [0.5, 0.6) is 0 Å². The van der Waals surface area contributed by atoms with Crippen LogP contribution in [0, 0.1) is 10.1 Å². The Morgan fingerprint density at radius 1 is 1.43 bits per heavy atom. The number of benzene rings is 1. The van der Waals surface area contributed by atoms with Gasteiger partial charge in [0, 0.05) is 24.2 Å². The molecule has 1 aliphatic rings. The van der Waals surface area contributed by atoms with Crippen LogP contribution in [0.3, 0.4) is 0 Å². The number of piperidine rings is 1. The van der Waals surface area contributed by atoms with Gasteiger partial charge in [-0.3, -0.25) is 14.9 Å². The van der Waals surface area contributed by atoms with Crippen LogP contribution in [0.1, 0.15) is 32.3 Å². The summed E-state index contributed by atoms with van der Waals surface area (Å²) in [6.07, 6.45) is 1.74. The highest BCUT2D eigenvalue weighted by Gasteiger charge is 2.30. The molecular formula is C15H21N3O3. The Morgan fingerprint density at radius 3 is 2.81 bits per heavy atom. The quantitative estimate of drug-likeness (QED) is 0.665. The zero-order chi connectivity index (χ0) is 15.4. The second kappa shape index (κ2) is 6.67. The highest BCUT2D eigenvalue weighted by atomic mass is 16.6. The Balaban J connectivity index is 2.12. The first-order valence-corrected chi connectivity index (χ1v) is 7.26. The molecule has 0 aromatic heterocycles. The summed E-state index contributed by atoms with van der Waals surface area (Å²) in [6, 6.07) is 6.66. The number of nitrogens with one attached hydrogen (secondary N) is 1. The molecule has 0 aliphatic carbocycles. The van der Waals surface area contributed by atoms with E-state index in [1.807, 2.05) is 13.8 Å². The summed E-state index contributed by atoms with van der Waals surface area (Å²) < 4.78 is 0. The van der Waals surface area contributed by atoms with Crippen molar-refractivity contribution in [3.63, 3.8) is 0 Å². The van der Waals surface area contributed by atoms with E-state index in [9.17, 15) is 14.9 Å². The number of amides is 1. The maximum Gasteiger partial charge on any atom is 0.274 e. The first kappa shape index (κ1) is 15.4. The lowest BCUT2D eigenvalue weighted by atomic mass is 10.0. The van der Waals surface area contributed by atoms with E-state index in [-0.39, 0.29) is 23.7 Å². The minimum atomic E-state index is -0.395. The third-order valence-corrected chi connectivity index (χ3v) is 3.61. The summed E-state index contributed by atoms with van der Waals surface area (Å²) in [7, 11) is 0. The van der Waals surface area contributed by atoms with Gasteiger partial charge in [0.1, 0.15) is 0 Å². The Morgan fingerprint density at radius 2 is 2.14 bits per heavy atom. The second-order valence-corrected chi connectivity index (χ2v) is 5.66. The number of nitro groups is 1. The molecule has 0 bridgehead atoms. The van der Waals surface area contributed by atoms with Crippen molar-refractivity contribution in [3.8, 4) is 0 Å². The summed E-state index contributed by atoms with van der Waals surface area (Å²) in [5, 5.41) is 14.3. The third-order valence-electron chi connectivity index (χ3n) is 3.61. The predicted molar refractivity (Wildman–Crippen MR) is 79.8 cm³/mol. The molecule has 1 aliphatic heterocycles. The number of hydrogen-bond acceptors (Lipinski definition) is 4. The van der Waals surface area contributed by atoms with Crippen molar-refractivity contribution in [3.05, 3.63) is 39.9 Å². The maximum absolute atomic E-state index is 12.4. The molecule has 21 heavy (non-hydrogen) atoms. The van der Waals surface area contributed by atoms with Crippen LogP contribution in [-0.4, -0.2) is 34.4 Å². The fourth-order valence-corrected chi connectivity index (χ4v) is 2.68. The highest BCUT2D eigenvalue weighted by molar-refractivity contribution is 5.82. The lowest BCUT2D eigenvalue weighted by molar-refractivity contribution is -0.385. The van der Waals surface area contributed by atoms with Gasteiger partial charge in [0.15, 0.2) is 0 Å². The van der Waals surface area contributed by atoms with Gasteiger partial charge in [-0.05, 0) is 12.8 Å². The van der Waals surface area contributed by atoms with E-state index in [1.165, 1.54) is 6.07 Å². The van der Waals surface area contributed by atoms with E-state index in [4.69, 9.17) is 0 Å². The summed E-state index contributed by atoms with van der Waals surface area (Å²) in [4.78, 5) is 24.8. The van der Waals surface area contributed by atoms with Gasteiger partial charge in [0.05, 0.1) is 17.5 Å². The molecule has 0 radical (unpaired) electrons. The van der Waals surface area contributed by atoms with Crippen LogP contribution in [0.2, 0.25) is 0 Å². The fourth-order valence-electron chi connectivity index (χ4n) is 2.68. The van der Waals surface area contributed by atoms with E-state index in [1.54, 1.807) is 23.1 Å². The molecule has 1 atom stereocenters. The van der Waals surface area contributed by atoms with Crippen molar-refractivity contribution >= 4 is 11.6 Å². The van der Waals surface area contributed by atoms with Gasteiger partial charge >= 0.3 is 0 Å². The van der Waals surface area contributed by atoms with Crippen LogP contribution in [-0.2, 0) is 11.3 Å². The zero-order valence-electron chi connectivity index (χ0n) is 12.4. The molecule has 6 nitrogen and oxygen atoms in total. The van der Waals surface area contributed by atoms with Crippen molar-refractivity contribution < 1.29 is 9.72 Å². The Hall–Kier alpha value is -1.95. The lowest BCUT2D eigenvalue weighted by Gasteiger charge is -2.33. The molecule has 0 spiro atoms. The Kier molecular flexibility index (Phi) is 4.90. The average molecular weight is 291 g/mol. The molecule has 114 valence electrons. The van der Waals surface area contributed by atoms with Crippen LogP contribution in [0.15, 0.2) is 24.3 Å². The van der Waals surface area contributed by atoms with Crippen LogP contribution >= 0.6 is 0 Å². The van der Waals surface area contributed by atoms with Crippen molar-refractivity contribution in [2.45, 2.75) is 45.3 Å². The van der Waals surface area contributed by atoms with E-state index in [0.717, 1.165) is 12.8 Å². The molecule has 1 unspecified atom stereocenters. The minimum Gasteiger partial charge on any atom is -0.337 e. The normalized spacial score (nSPS) is 19.1. The second-order valence-electron chi connectivity index (χ2n) is 5.66. The van der Waals surface area contributed by atoms with E-state index in [2.05, 4.69) is 5.32 Å². The predicted octanol–water partition coefficient (Wildman–Crippen LogP) is 2.08. The van der Waals surface area contributed by atoms with Crippen molar-refractivity contribution in [2.75, 3.05) is 6.54 Å². The molecule has 1 fully saturated rings. The van der Waals surface area contributed by atoms with Gasteiger partial charge in [-0.1, -0.05) is 32.0 Å².